The van der Waals surface area contributed by atoms with Crippen molar-refractivity contribution in [2.24, 2.45) is 5.92 Å². The lowest BCUT2D eigenvalue weighted by Crippen LogP contribution is -2.48. The number of aryl methyl sites for hydroxylation is 1. The molecule has 1 atom stereocenters. The van der Waals surface area contributed by atoms with Crippen LogP contribution in [0.1, 0.15) is 37.5 Å². The summed E-state index contributed by atoms with van der Waals surface area (Å²) in [6.07, 6.45) is 0.227. The van der Waals surface area contributed by atoms with Crippen molar-refractivity contribution in [3.63, 3.8) is 0 Å². The van der Waals surface area contributed by atoms with Gasteiger partial charge >= 0.3 is 0 Å². The van der Waals surface area contributed by atoms with Crippen LogP contribution in [-0.4, -0.2) is 29.3 Å². The molecular formula is C23H29ClN2O2. The van der Waals surface area contributed by atoms with E-state index in [-0.39, 0.29) is 18.2 Å². The van der Waals surface area contributed by atoms with Gasteiger partial charge in [-0.1, -0.05) is 67.4 Å². The highest BCUT2D eigenvalue weighted by Gasteiger charge is 2.26. The molecule has 5 heteroatoms. The molecule has 0 heterocycles. The molecule has 0 aliphatic heterocycles. The summed E-state index contributed by atoms with van der Waals surface area (Å²) in [4.78, 5) is 27.3. The van der Waals surface area contributed by atoms with Crippen molar-refractivity contribution in [3.05, 3.63) is 70.2 Å². The Balaban J connectivity index is 2.18. The molecule has 28 heavy (non-hydrogen) atoms. The number of amides is 2. The maximum absolute atomic E-state index is 13.1. The number of nitrogens with zero attached hydrogens (tertiary/aromatic N) is 1. The number of halogens is 1. The van der Waals surface area contributed by atoms with E-state index in [9.17, 15) is 9.59 Å². The molecule has 0 spiro atoms. The van der Waals surface area contributed by atoms with Gasteiger partial charge in [-0.05, 0) is 43.0 Å². The first kappa shape index (κ1) is 22.0. The van der Waals surface area contributed by atoms with Crippen molar-refractivity contribution in [2.45, 2.75) is 46.7 Å². The standard InChI is InChI=1S/C23H29ClN2O2/c1-16(2)14-25-23(28)18(4)26(15-20-7-5-17(3)6-8-20)22(27)13-19-9-11-21(24)12-10-19/h5-12,16,18H,13-15H2,1-4H3,(H,25,28). The second kappa shape index (κ2) is 10.3. The first-order chi connectivity index (χ1) is 13.3. The van der Waals surface area contributed by atoms with E-state index in [2.05, 4.69) is 5.32 Å². The summed E-state index contributed by atoms with van der Waals surface area (Å²) >= 11 is 5.93. The summed E-state index contributed by atoms with van der Waals surface area (Å²) in [5.41, 5.74) is 3.03. The Labute approximate surface area is 172 Å². The quantitative estimate of drug-likeness (QED) is 0.714. The van der Waals surface area contributed by atoms with Gasteiger partial charge in [0.2, 0.25) is 11.8 Å². The molecule has 2 rings (SSSR count). The minimum absolute atomic E-state index is 0.0879. The Morgan fingerprint density at radius 3 is 2.11 bits per heavy atom. The maximum Gasteiger partial charge on any atom is 0.242 e. The Morgan fingerprint density at radius 1 is 0.964 bits per heavy atom. The van der Waals surface area contributed by atoms with Gasteiger partial charge in [0, 0.05) is 18.1 Å². The van der Waals surface area contributed by atoms with Crippen molar-refractivity contribution in [3.8, 4) is 0 Å². The van der Waals surface area contributed by atoms with Gasteiger partial charge in [-0.15, -0.1) is 0 Å². The second-order valence-corrected chi connectivity index (χ2v) is 8.06. The molecule has 0 aromatic heterocycles. The zero-order valence-electron chi connectivity index (χ0n) is 17.0. The average molecular weight is 401 g/mol. The fraction of sp³-hybridized carbons (Fsp3) is 0.391. The van der Waals surface area contributed by atoms with Crippen LogP contribution in [0.2, 0.25) is 5.02 Å². The van der Waals surface area contributed by atoms with E-state index in [0.29, 0.717) is 24.0 Å². The van der Waals surface area contributed by atoms with Crippen LogP contribution in [0.15, 0.2) is 48.5 Å². The molecule has 0 fully saturated rings. The SMILES string of the molecule is Cc1ccc(CN(C(=O)Cc2ccc(Cl)cc2)C(C)C(=O)NCC(C)C)cc1. The zero-order chi connectivity index (χ0) is 20.7. The highest BCUT2D eigenvalue weighted by atomic mass is 35.5. The lowest BCUT2D eigenvalue weighted by atomic mass is 10.1. The molecule has 0 saturated carbocycles. The van der Waals surface area contributed by atoms with E-state index in [4.69, 9.17) is 11.6 Å². The number of nitrogens with one attached hydrogen (secondary N) is 1. The monoisotopic (exact) mass is 400 g/mol. The van der Waals surface area contributed by atoms with Crippen molar-refractivity contribution in [2.75, 3.05) is 6.54 Å². The molecule has 2 aromatic rings. The Hall–Kier alpha value is -2.33. The lowest BCUT2D eigenvalue weighted by Gasteiger charge is -2.29. The number of hydrogen-bond donors (Lipinski definition) is 1. The van der Waals surface area contributed by atoms with Crippen LogP contribution >= 0.6 is 11.6 Å². The summed E-state index contributed by atoms with van der Waals surface area (Å²) in [6.45, 7) is 8.87. The van der Waals surface area contributed by atoms with Gasteiger partial charge in [-0.25, -0.2) is 0 Å². The van der Waals surface area contributed by atoms with E-state index in [0.717, 1.165) is 16.7 Å². The number of hydrogen-bond acceptors (Lipinski definition) is 2. The smallest absolute Gasteiger partial charge is 0.242 e. The van der Waals surface area contributed by atoms with E-state index in [1.54, 1.807) is 24.0 Å². The Bertz CT molecular complexity index is 785. The first-order valence-electron chi connectivity index (χ1n) is 9.63. The summed E-state index contributed by atoms with van der Waals surface area (Å²) in [5.74, 6) is 0.131. The third-order valence-electron chi connectivity index (χ3n) is 4.59. The van der Waals surface area contributed by atoms with Gasteiger partial charge in [0.15, 0.2) is 0 Å². The van der Waals surface area contributed by atoms with Crippen molar-refractivity contribution >= 4 is 23.4 Å². The molecule has 0 radical (unpaired) electrons. The second-order valence-electron chi connectivity index (χ2n) is 7.63. The molecule has 0 saturated heterocycles. The van der Waals surface area contributed by atoms with E-state index in [1.807, 2.05) is 57.2 Å². The Kier molecular flexibility index (Phi) is 8.06. The highest BCUT2D eigenvalue weighted by molar-refractivity contribution is 6.30. The summed E-state index contributed by atoms with van der Waals surface area (Å²) in [5, 5.41) is 3.57. The lowest BCUT2D eigenvalue weighted by molar-refractivity contribution is -0.140. The molecule has 0 bridgehead atoms. The average Bonchev–Trinajstić information content (AvgIpc) is 2.66. The van der Waals surface area contributed by atoms with Gasteiger partial charge in [0.1, 0.15) is 6.04 Å². The number of rotatable bonds is 8. The fourth-order valence-electron chi connectivity index (χ4n) is 2.80. The highest BCUT2D eigenvalue weighted by Crippen LogP contribution is 2.15. The first-order valence-corrected chi connectivity index (χ1v) is 10.0. The molecular weight excluding hydrogens is 372 g/mol. The van der Waals surface area contributed by atoms with Gasteiger partial charge in [-0.3, -0.25) is 9.59 Å². The fourth-order valence-corrected chi connectivity index (χ4v) is 2.93. The van der Waals surface area contributed by atoms with E-state index in [1.165, 1.54) is 0 Å². The van der Waals surface area contributed by atoms with E-state index < -0.39 is 6.04 Å². The largest absolute Gasteiger partial charge is 0.354 e. The molecule has 2 aromatic carbocycles. The van der Waals surface area contributed by atoms with Gasteiger partial charge < -0.3 is 10.2 Å². The van der Waals surface area contributed by atoms with Crippen LogP contribution in [0, 0.1) is 12.8 Å². The molecule has 2 amide bonds. The maximum atomic E-state index is 13.1. The van der Waals surface area contributed by atoms with Crippen LogP contribution in [0.25, 0.3) is 0 Å². The predicted molar refractivity (Wildman–Crippen MR) is 114 cm³/mol. The number of carbonyl (C=O) groups is 2. The van der Waals surface area contributed by atoms with Gasteiger partial charge in [0.05, 0.1) is 6.42 Å². The van der Waals surface area contributed by atoms with E-state index >= 15 is 0 Å². The van der Waals surface area contributed by atoms with Crippen molar-refractivity contribution < 1.29 is 9.59 Å². The van der Waals surface area contributed by atoms with Crippen molar-refractivity contribution in [1.82, 2.24) is 10.2 Å². The predicted octanol–water partition coefficient (Wildman–Crippen LogP) is 4.38. The van der Waals surface area contributed by atoms with Crippen LogP contribution < -0.4 is 5.32 Å². The summed E-state index contributed by atoms with van der Waals surface area (Å²) < 4.78 is 0. The minimum Gasteiger partial charge on any atom is -0.354 e. The third kappa shape index (κ3) is 6.68. The minimum atomic E-state index is -0.556. The zero-order valence-corrected chi connectivity index (χ0v) is 17.8. The molecule has 0 aliphatic rings. The third-order valence-corrected chi connectivity index (χ3v) is 4.85. The molecule has 150 valence electrons. The molecule has 1 N–H and O–H groups in total. The molecule has 1 unspecified atom stereocenters. The number of carbonyl (C=O) groups excluding carboxylic acids is 2. The van der Waals surface area contributed by atoms with Crippen LogP contribution in [0.4, 0.5) is 0 Å². The molecule has 4 nitrogen and oxygen atoms in total. The van der Waals surface area contributed by atoms with Crippen molar-refractivity contribution in [1.29, 1.82) is 0 Å². The topological polar surface area (TPSA) is 49.4 Å². The summed E-state index contributed by atoms with van der Waals surface area (Å²) in [7, 11) is 0. The Morgan fingerprint density at radius 2 is 1.54 bits per heavy atom. The number of benzene rings is 2. The van der Waals surface area contributed by atoms with Gasteiger partial charge in [0.25, 0.3) is 0 Å². The van der Waals surface area contributed by atoms with Crippen LogP contribution in [0.5, 0.6) is 0 Å². The van der Waals surface area contributed by atoms with Gasteiger partial charge in [-0.2, -0.15) is 0 Å². The van der Waals surface area contributed by atoms with Crippen LogP contribution in [0.3, 0.4) is 0 Å². The van der Waals surface area contributed by atoms with Crippen LogP contribution in [-0.2, 0) is 22.6 Å². The normalized spacial score (nSPS) is 11.9. The summed E-state index contributed by atoms with van der Waals surface area (Å²) in [6, 6.07) is 14.7. The molecule has 0 aliphatic carbocycles.